The van der Waals surface area contributed by atoms with Gasteiger partial charge in [-0.15, -0.1) is 0 Å². The second kappa shape index (κ2) is 3.97. The molecule has 0 atom stereocenters. The molecule has 1 N–H and O–H groups in total. The fourth-order valence-corrected chi connectivity index (χ4v) is 1.25. The number of hydrogen-bond donors (Lipinski definition) is 1. The zero-order valence-corrected chi connectivity index (χ0v) is 8.48. The van der Waals surface area contributed by atoms with Crippen LogP contribution in [0.1, 0.15) is 21.5 Å². The molecule has 17 heavy (non-hydrogen) atoms. The molecule has 7 heteroatoms. The Hall–Kier alpha value is -1.66. The van der Waals surface area contributed by atoms with Crippen molar-refractivity contribution in [3.8, 4) is 0 Å². The Kier molecular flexibility index (Phi) is 3.13. The van der Waals surface area contributed by atoms with Gasteiger partial charge < -0.3 is 5.11 Å². The molecule has 1 rings (SSSR count). The maximum atomic E-state index is 13.0. The maximum Gasteiger partial charge on any atom is 0.458 e. The number of rotatable bonds is 2. The molecule has 0 aromatic heterocycles. The summed E-state index contributed by atoms with van der Waals surface area (Å²) in [7, 11) is 0. The van der Waals surface area contributed by atoms with Crippen LogP contribution in [-0.2, 0) is 5.92 Å². The molecule has 0 amide bonds. The number of benzene rings is 1. The van der Waals surface area contributed by atoms with Crippen LogP contribution in [0.15, 0.2) is 18.2 Å². The third-order valence-electron chi connectivity index (χ3n) is 2.04. The number of carboxylic acids is 1. The van der Waals surface area contributed by atoms with Crippen LogP contribution in [0.2, 0.25) is 0 Å². The number of carboxylic acid groups (broad SMARTS) is 1. The third kappa shape index (κ3) is 2.54. The highest BCUT2D eigenvalue weighted by Crippen LogP contribution is 2.44. The minimum atomic E-state index is -5.75. The summed E-state index contributed by atoms with van der Waals surface area (Å²) >= 11 is 0. The highest BCUT2D eigenvalue weighted by atomic mass is 19.4. The van der Waals surface area contributed by atoms with E-state index in [1.165, 1.54) is 6.92 Å². The van der Waals surface area contributed by atoms with Crippen molar-refractivity contribution in [1.29, 1.82) is 0 Å². The molecule has 1 aromatic carbocycles. The van der Waals surface area contributed by atoms with Crippen LogP contribution < -0.4 is 0 Å². The molecule has 0 spiro atoms. The Morgan fingerprint density at radius 3 is 2.06 bits per heavy atom. The second-order valence-electron chi connectivity index (χ2n) is 3.47. The quantitative estimate of drug-likeness (QED) is 0.822. The first-order valence-electron chi connectivity index (χ1n) is 4.35. The van der Waals surface area contributed by atoms with E-state index in [1.807, 2.05) is 0 Å². The molecule has 0 aliphatic carbocycles. The Labute approximate surface area is 92.7 Å². The first-order valence-corrected chi connectivity index (χ1v) is 4.35. The van der Waals surface area contributed by atoms with Gasteiger partial charge in [-0.3, -0.25) is 0 Å². The van der Waals surface area contributed by atoms with E-state index >= 15 is 0 Å². The zero-order chi connectivity index (χ0) is 13.4. The first-order chi connectivity index (χ1) is 7.55. The van der Waals surface area contributed by atoms with E-state index in [1.54, 1.807) is 0 Å². The van der Waals surface area contributed by atoms with Crippen molar-refractivity contribution in [2.45, 2.75) is 19.0 Å². The van der Waals surface area contributed by atoms with Gasteiger partial charge in [0.25, 0.3) is 0 Å². The van der Waals surface area contributed by atoms with Crippen LogP contribution >= 0.6 is 0 Å². The van der Waals surface area contributed by atoms with Gasteiger partial charge >= 0.3 is 18.1 Å². The SMILES string of the molecule is Cc1cc(C(=O)O)cc(C(F)(F)C(F)(F)F)c1. The van der Waals surface area contributed by atoms with E-state index in [0.29, 0.717) is 12.1 Å². The van der Waals surface area contributed by atoms with Crippen LogP contribution in [-0.4, -0.2) is 17.3 Å². The summed E-state index contributed by atoms with van der Waals surface area (Å²) in [5.74, 6) is -6.63. The summed E-state index contributed by atoms with van der Waals surface area (Å²) in [6.07, 6.45) is -5.75. The van der Waals surface area contributed by atoms with E-state index < -0.39 is 29.2 Å². The molecule has 0 aliphatic rings. The van der Waals surface area contributed by atoms with Gasteiger partial charge in [-0.1, -0.05) is 0 Å². The molecule has 0 saturated carbocycles. The molecule has 94 valence electrons. The van der Waals surface area contributed by atoms with Crippen molar-refractivity contribution in [2.75, 3.05) is 0 Å². The third-order valence-corrected chi connectivity index (χ3v) is 2.04. The molecule has 0 fully saturated rings. The molecule has 0 unspecified atom stereocenters. The van der Waals surface area contributed by atoms with Crippen molar-refractivity contribution in [2.24, 2.45) is 0 Å². The van der Waals surface area contributed by atoms with Crippen molar-refractivity contribution < 1.29 is 31.9 Å². The first kappa shape index (κ1) is 13.4. The molecular formula is C10H7F5O2. The monoisotopic (exact) mass is 254 g/mol. The van der Waals surface area contributed by atoms with Crippen molar-refractivity contribution in [3.63, 3.8) is 0 Å². The molecule has 2 nitrogen and oxygen atoms in total. The molecular weight excluding hydrogens is 247 g/mol. The number of aromatic carboxylic acids is 1. The van der Waals surface area contributed by atoms with Gasteiger partial charge in [0.1, 0.15) is 0 Å². The lowest BCUT2D eigenvalue weighted by molar-refractivity contribution is -0.289. The van der Waals surface area contributed by atoms with E-state index in [4.69, 9.17) is 5.11 Å². The lowest BCUT2D eigenvalue weighted by atomic mass is 10.0. The van der Waals surface area contributed by atoms with Gasteiger partial charge in [-0.25, -0.2) is 4.79 Å². The number of aryl methyl sites for hydroxylation is 1. The molecule has 0 heterocycles. The largest absolute Gasteiger partial charge is 0.478 e. The number of hydrogen-bond acceptors (Lipinski definition) is 1. The fourth-order valence-electron chi connectivity index (χ4n) is 1.25. The highest BCUT2D eigenvalue weighted by molar-refractivity contribution is 5.88. The van der Waals surface area contributed by atoms with Crippen molar-refractivity contribution in [1.82, 2.24) is 0 Å². The van der Waals surface area contributed by atoms with Gasteiger partial charge in [0.2, 0.25) is 0 Å². The summed E-state index contributed by atoms with van der Waals surface area (Å²) in [4.78, 5) is 10.6. The normalized spacial score (nSPS) is 12.6. The zero-order valence-electron chi connectivity index (χ0n) is 8.48. The average Bonchev–Trinajstić information content (AvgIpc) is 2.14. The minimum Gasteiger partial charge on any atom is -0.478 e. The maximum absolute atomic E-state index is 13.0. The van der Waals surface area contributed by atoms with E-state index in [9.17, 15) is 26.7 Å². The smallest absolute Gasteiger partial charge is 0.458 e. The Balaban J connectivity index is 3.37. The lowest BCUT2D eigenvalue weighted by Gasteiger charge is -2.20. The number of halogens is 5. The number of alkyl halides is 5. The fraction of sp³-hybridized carbons (Fsp3) is 0.300. The average molecular weight is 254 g/mol. The molecule has 0 radical (unpaired) electrons. The predicted molar refractivity (Wildman–Crippen MR) is 48.1 cm³/mol. The van der Waals surface area contributed by atoms with Gasteiger partial charge in [0.15, 0.2) is 0 Å². The van der Waals surface area contributed by atoms with Crippen LogP contribution in [0, 0.1) is 6.92 Å². The standard InChI is InChI=1S/C10H7F5O2/c1-5-2-6(8(16)17)4-7(3-5)9(11,12)10(13,14)15/h2-4H,1H3,(H,16,17). The summed E-state index contributed by atoms with van der Waals surface area (Å²) in [5.41, 5.74) is -1.96. The van der Waals surface area contributed by atoms with Crippen molar-refractivity contribution in [3.05, 3.63) is 34.9 Å². The Morgan fingerprint density at radius 1 is 1.12 bits per heavy atom. The van der Waals surface area contributed by atoms with Crippen LogP contribution in [0.4, 0.5) is 22.0 Å². The topological polar surface area (TPSA) is 37.3 Å². The van der Waals surface area contributed by atoms with Crippen LogP contribution in [0.5, 0.6) is 0 Å². The predicted octanol–water partition coefficient (Wildman–Crippen LogP) is 3.35. The van der Waals surface area contributed by atoms with Gasteiger partial charge in [0, 0.05) is 5.56 Å². The molecule has 0 saturated heterocycles. The summed E-state index contributed by atoms with van der Waals surface area (Å²) in [6.45, 7) is 1.24. The van der Waals surface area contributed by atoms with E-state index in [2.05, 4.69) is 0 Å². The molecule has 0 bridgehead atoms. The second-order valence-corrected chi connectivity index (χ2v) is 3.47. The highest BCUT2D eigenvalue weighted by Gasteiger charge is 2.58. The van der Waals surface area contributed by atoms with Gasteiger partial charge in [0.05, 0.1) is 5.56 Å². The van der Waals surface area contributed by atoms with E-state index in [-0.39, 0.29) is 5.56 Å². The summed E-state index contributed by atoms with van der Waals surface area (Å²) in [5, 5.41) is 8.58. The summed E-state index contributed by atoms with van der Waals surface area (Å²) < 4.78 is 62.2. The Morgan fingerprint density at radius 2 is 1.65 bits per heavy atom. The van der Waals surface area contributed by atoms with Gasteiger partial charge in [-0.05, 0) is 30.7 Å². The van der Waals surface area contributed by atoms with Crippen LogP contribution in [0.3, 0.4) is 0 Å². The molecule has 1 aromatic rings. The van der Waals surface area contributed by atoms with Crippen LogP contribution in [0.25, 0.3) is 0 Å². The van der Waals surface area contributed by atoms with Gasteiger partial charge in [-0.2, -0.15) is 22.0 Å². The lowest BCUT2D eigenvalue weighted by Crippen LogP contribution is -2.33. The van der Waals surface area contributed by atoms with Crippen molar-refractivity contribution >= 4 is 5.97 Å². The van der Waals surface area contributed by atoms with E-state index in [0.717, 1.165) is 6.07 Å². The summed E-state index contributed by atoms with van der Waals surface area (Å²) in [6, 6.07) is 1.95. The number of carbonyl (C=O) groups is 1. The molecule has 0 aliphatic heterocycles. The Bertz CT molecular complexity index is 450. The minimum absolute atomic E-state index is 0.0174.